The molecule has 9 nitrogen and oxygen atoms in total. The molecule has 3 aromatic rings. The molecule has 1 saturated heterocycles. The quantitative estimate of drug-likeness (QED) is 0.346. The molecule has 0 spiro atoms. The molecule has 1 aromatic carbocycles. The highest BCUT2D eigenvalue weighted by atomic mass is 32.1. The number of amides is 1. The van der Waals surface area contributed by atoms with Crippen LogP contribution in [-0.4, -0.2) is 67.5 Å². The Hall–Kier alpha value is -3.08. The van der Waals surface area contributed by atoms with Gasteiger partial charge in [0, 0.05) is 37.5 Å². The molecule has 0 atom stereocenters. The number of H-pyrrole nitrogens is 1. The maximum absolute atomic E-state index is 11.3. The van der Waals surface area contributed by atoms with Gasteiger partial charge in [-0.15, -0.1) is 11.3 Å². The second kappa shape index (κ2) is 10.5. The second-order valence-electron chi connectivity index (χ2n) is 7.47. The number of ether oxygens (including phenoxy) is 2. The van der Waals surface area contributed by atoms with Gasteiger partial charge in [-0.05, 0) is 37.2 Å². The van der Waals surface area contributed by atoms with Gasteiger partial charge in [0.25, 0.3) is 5.91 Å². The zero-order valence-corrected chi connectivity index (χ0v) is 18.8. The Labute approximate surface area is 190 Å². The van der Waals surface area contributed by atoms with Gasteiger partial charge < -0.3 is 25.8 Å². The fraction of sp³-hybridized carbons (Fsp3) is 0.364. The van der Waals surface area contributed by atoms with Gasteiger partial charge in [-0.25, -0.2) is 0 Å². The van der Waals surface area contributed by atoms with E-state index < -0.39 is 5.91 Å². The van der Waals surface area contributed by atoms with Crippen LogP contribution in [0.15, 0.2) is 36.4 Å². The van der Waals surface area contributed by atoms with Gasteiger partial charge in [-0.3, -0.25) is 14.8 Å². The van der Waals surface area contributed by atoms with Crippen molar-refractivity contribution in [2.45, 2.75) is 6.42 Å². The van der Waals surface area contributed by atoms with Crippen molar-refractivity contribution < 1.29 is 14.3 Å². The number of methoxy groups -OCH3 is 1. The monoisotopic (exact) mass is 456 g/mol. The summed E-state index contributed by atoms with van der Waals surface area (Å²) in [6.07, 6.45) is 1.07. The van der Waals surface area contributed by atoms with E-state index in [0.29, 0.717) is 4.88 Å². The highest BCUT2D eigenvalue weighted by Gasteiger charge is 2.12. The van der Waals surface area contributed by atoms with Gasteiger partial charge in [0.15, 0.2) is 0 Å². The molecule has 5 N–H and O–H groups in total. The summed E-state index contributed by atoms with van der Waals surface area (Å²) >= 11 is 1.31. The predicted molar refractivity (Wildman–Crippen MR) is 127 cm³/mol. The van der Waals surface area contributed by atoms with Crippen LogP contribution in [0.2, 0.25) is 0 Å². The fourth-order valence-electron chi connectivity index (χ4n) is 3.53. The number of carbonyl (C=O) groups is 1. The van der Waals surface area contributed by atoms with Crippen molar-refractivity contribution >= 4 is 34.4 Å². The number of hydrogen-bond acceptors (Lipinski definition) is 8. The van der Waals surface area contributed by atoms with Gasteiger partial charge in [0.2, 0.25) is 0 Å². The number of nitrogens with one attached hydrogen (secondary N) is 3. The summed E-state index contributed by atoms with van der Waals surface area (Å²) in [6.45, 7) is 5.66. The molecule has 170 valence electrons. The summed E-state index contributed by atoms with van der Waals surface area (Å²) in [5.41, 5.74) is 7.91. The lowest BCUT2D eigenvalue weighted by Crippen LogP contribution is -2.37. The van der Waals surface area contributed by atoms with Crippen molar-refractivity contribution in [2.24, 2.45) is 5.73 Å². The third-order valence-electron chi connectivity index (χ3n) is 5.23. The highest BCUT2D eigenvalue weighted by Crippen LogP contribution is 2.32. The van der Waals surface area contributed by atoms with Crippen molar-refractivity contribution in [3.63, 3.8) is 0 Å². The number of benzene rings is 1. The molecule has 1 aliphatic rings. The maximum atomic E-state index is 11.3. The lowest BCUT2D eigenvalue weighted by molar-refractivity contribution is 0.0378. The van der Waals surface area contributed by atoms with Crippen LogP contribution in [0.4, 0.5) is 17.2 Å². The first-order chi connectivity index (χ1) is 15.6. The van der Waals surface area contributed by atoms with E-state index in [1.165, 1.54) is 11.3 Å². The molecule has 0 unspecified atom stereocenters. The lowest BCUT2D eigenvalue weighted by Gasteiger charge is -2.26. The number of primary amides is 1. The molecule has 0 bridgehead atoms. The number of anilines is 3. The Morgan fingerprint density at radius 2 is 2.12 bits per heavy atom. The first-order valence-corrected chi connectivity index (χ1v) is 11.4. The molecule has 3 heterocycles. The van der Waals surface area contributed by atoms with E-state index in [1.54, 1.807) is 13.2 Å². The van der Waals surface area contributed by atoms with Crippen LogP contribution in [-0.2, 0) is 4.74 Å². The van der Waals surface area contributed by atoms with Crippen LogP contribution in [0.5, 0.6) is 5.75 Å². The molecule has 10 heteroatoms. The van der Waals surface area contributed by atoms with Crippen LogP contribution in [0, 0.1) is 0 Å². The number of morpholine rings is 1. The Balaban J connectivity index is 1.33. The van der Waals surface area contributed by atoms with Gasteiger partial charge in [-0.1, -0.05) is 0 Å². The molecule has 0 radical (unpaired) electrons. The van der Waals surface area contributed by atoms with E-state index in [0.717, 1.165) is 79.3 Å². The predicted octanol–water partition coefficient (Wildman–Crippen LogP) is 3.12. The summed E-state index contributed by atoms with van der Waals surface area (Å²) in [5, 5.41) is 14.1. The van der Waals surface area contributed by atoms with Crippen LogP contribution in [0.3, 0.4) is 0 Å². The van der Waals surface area contributed by atoms with Crippen molar-refractivity contribution in [2.75, 3.05) is 57.1 Å². The number of aromatic nitrogens is 2. The zero-order valence-electron chi connectivity index (χ0n) is 18.0. The highest BCUT2D eigenvalue weighted by molar-refractivity contribution is 7.17. The number of carbonyl (C=O) groups excluding carboxylic acids is 1. The number of nitrogens with zero attached hydrogens (tertiary/aromatic N) is 2. The fourth-order valence-corrected chi connectivity index (χ4v) is 4.35. The third-order valence-corrected chi connectivity index (χ3v) is 6.36. The minimum Gasteiger partial charge on any atom is -0.494 e. The minimum absolute atomic E-state index is 0.435. The Bertz CT molecular complexity index is 1040. The van der Waals surface area contributed by atoms with E-state index >= 15 is 0 Å². The van der Waals surface area contributed by atoms with Crippen LogP contribution < -0.4 is 21.1 Å². The number of thiophene rings is 1. The lowest BCUT2D eigenvalue weighted by atomic mass is 10.2. The first-order valence-electron chi connectivity index (χ1n) is 10.6. The van der Waals surface area contributed by atoms with Crippen LogP contribution >= 0.6 is 11.3 Å². The van der Waals surface area contributed by atoms with E-state index in [4.69, 9.17) is 15.2 Å². The molecule has 1 amide bonds. The summed E-state index contributed by atoms with van der Waals surface area (Å²) in [7, 11) is 1.65. The number of aromatic amines is 1. The summed E-state index contributed by atoms with van der Waals surface area (Å²) in [5.74, 6) is 1.01. The molecule has 2 aromatic heterocycles. The molecule has 0 aliphatic carbocycles. The van der Waals surface area contributed by atoms with Gasteiger partial charge in [0.1, 0.15) is 17.3 Å². The van der Waals surface area contributed by atoms with Crippen LogP contribution in [0.1, 0.15) is 16.1 Å². The molecular formula is C22H28N6O3S. The maximum Gasteiger partial charge on any atom is 0.258 e. The molecule has 1 aliphatic heterocycles. The molecule has 4 rings (SSSR count). The van der Waals surface area contributed by atoms with Gasteiger partial charge in [0.05, 0.1) is 35.8 Å². The summed E-state index contributed by atoms with van der Waals surface area (Å²) in [6, 6.07) is 11.4. The summed E-state index contributed by atoms with van der Waals surface area (Å²) < 4.78 is 11.0. The molecule has 0 saturated carbocycles. The first kappa shape index (κ1) is 22.1. The summed E-state index contributed by atoms with van der Waals surface area (Å²) in [4.78, 5) is 15.1. The Kier molecular flexibility index (Phi) is 7.25. The second-order valence-corrected chi connectivity index (χ2v) is 8.55. The SMILES string of the molecule is COc1cc(NCCCN2CCOCC2)ccc1Nc1cc(-c2ccc(C(N)=O)s2)n[nH]1. The van der Waals surface area contributed by atoms with Crippen molar-refractivity contribution in [3.05, 3.63) is 41.3 Å². The van der Waals surface area contributed by atoms with Gasteiger partial charge >= 0.3 is 0 Å². The normalized spacial score (nSPS) is 14.3. The standard InChI is InChI=1S/C22H28N6O3S/c1-30-18-13-15(24-7-2-8-28-9-11-31-12-10-28)3-4-16(18)25-21-14-17(26-27-21)19-5-6-20(32-19)22(23)29/h3-6,13-14,24H,2,7-12H2,1H3,(H2,23,29)(H2,25,26,27). The Morgan fingerprint density at radius 1 is 1.28 bits per heavy atom. The van der Waals surface area contributed by atoms with E-state index in [9.17, 15) is 4.79 Å². The number of hydrogen-bond donors (Lipinski definition) is 4. The minimum atomic E-state index is -0.435. The number of rotatable bonds is 10. The Morgan fingerprint density at radius 3 is 2.88 bits per heavy atom. The molecular weight excluding hydrogens is 428 g/mol. The smallest absolute Gasteiger partial charge is 0.258 e. The van der Waals surface area contributed by atoms with E-state index in [1.807, 2.05) is 30.3 Å². The van der Waals surface area contributed by atoms with Crippen LogP contribution in [0.25, 0.3) is 10.6 Å². The molecule has 32 heavy (non-hydrogen) atoms. The molecule has 1 fully saturated rings. The topological polar surface area (TPSA) is 118 Å². The average Bonchev–Trinajstić information content (AvgIpc) is 3.48. The van der Waals surface area contributed by atoms with E-state index in [2.05, 4.69) is 25.7 Å². The van der Waals surface area contributed by atoms with Gasteiger partial charge in [-0.2, -0.15) is 5.10 Å². The van der Waals surface area contributed by atoms with Crippen molar-refractivity contribution in [3.8, 4) is 16.3 Å². The average molecular weight is 457 g/mol. The largest absolute Gasteiger partial charge is 0.494 e. The third kappa shape index (κ3) is 5.58. The van der Waals surface area contributed by atoms with Crippen molar-refractivity contribution in [1.82, 2.24) is 15.1 Å². The van der Waals surface area contributed by atoms with E-state index in [-0.39, 0.29) is 0 Å². The van der Waals surface area contributed by atoms with Crippen molar-refractivity contribution in [1.29, 1.82) is 0 Å². The zero-order chi connectivity index (χ0) is 22.3. The number of nitrogens with two attached hydrogens (primary N) is 1.